The number of urea groups is 1. The number of para-hydroxylation sites is 1. The van der Waals surface area contributed by atoms with Crippen LogP contribution in [0.3, 0.4) is 0 Å². The number of thiazole rings is 1. The Bertz CT molecular complexity index is 1290. The molecule has 1 saturated heterocycles. The zero-order valence-corrected chi connectivity index (χ0v) is 20.6. The molecule has 0 aliphatic carbocycles. The summed E-state index contributed by atoms with van der Waals surface area (Å²) in [5, 5.41) is 3.54. The van der Waals surface area contributed by atoms with Crippen LogP contribution in [0.4, 0.5) is 4.79 Å². The van der Waals surface area contributed by atoms with Crippen LogP contribution in [0.25, 0.3) is 10.2 Å². The Balaban J connectivity index is 1.32. The molecule has 4 amide bonds. The molecule has 0 saturated carbocycles. The van der Waals surface area contributed by atoms with Crippen molar-refractivity contribution in [2.75, 3.05) is 26.8 Å². The lowest BCUT2D eigenvalue weighted by molar-refractivity contribution is -0.139. The van der Waals surface area contributed by atoms with Gasteiger partial charge in [-0.25, -0.2) is 9.78 Å². The number of hydrogen-bond acceptors (Lipinski definition) is 7. The molecule has 2 aliphatic rings. The lowest BCUT2D eigenvalue weighted by Crippen LogP contribution is -2.44. The number of nitrogens with zero attached hydrogens (tertiary/aromatic N) is 3. The predicted molar refractivity (Wildman–Crippen MR) is 130 cm³/mol. The van der Waals surface area contributed by atoms with Crippen LogP contribution in [0, 0.1) is 0 Å². The van der Waals surface area contributed by atoms with Crippen LogP contribution in [0.2, 0.25) is 0 Å². The van der Waals surface area contributed by atoms with Crippen molar-refractivity contribution in [3.05, 3.63) is 53.0 Å². The average Bonchev–Trinajstić information content (AvgIpc) is 3.27. The number of benzene rings is 2. The van der Waals surface area contributed by atoms with Crippen LogP contribution >= 0.6 is 11.3 Å². The van der Waals surface area contributed by atoms with Gasteiger partial charge in [0.2, 0.25) is 5.91 Å². The van der Waals surface area contributed by atoms with E-state index in [0.29, 0.717) is 30.3 Å². The van der Waals surface area contributed by atoms with Crippen molar-refractivity contribution in [3.8, 4) is 11.5 Å². The first-order valence-electron chi connectivity index (χ1n) is 11.4. The summed E-state index contributed by atoms with van der Waals surface area (Å²) in [6, 6.07) is 12.0. The average molecular weight is 495 g/mol. The van der Waals surface area contributed by atoms with E-state index in [4.69, 9.17) is 9.47 Å². The number of imide groups is 1. The molecule has 3 aromatic rings. The van der Waals surface area contributed by atoms with Crippen molar-refractivity contribution < 1.29 is 23.9 Å². The molecular formula is C25H26N4O5S. The SMILES string of the molecule is CC(c1nc2ccccc2s1)N(C)C(=O)CN1C(=O)NC(C)(c2ccc3c(c2)OCCCO3)C1=O. The first-order chi connectivity index (χ1) is 16.8. The Morgan fingerprint density at radius 2 is 1.94 bits per heavy atom. The largest absolute Gasteiger partial charge is 0.490 e. The van der Waals surface area contributed by atoms with Gasteiger partial charge in [-0.2, -0.15) is 0 Å². The highest BCUT2D eigenvalue weighted by Crippen LogP contribution is 2.37. The number of carbonyl (C=O) groups excluding carboxylic acids is 3. The first-order valence-corrected chi connectivity index (χ1v) is 12.2. The number of fused-ring (bicyclic) bond motifs is 2. The first kappa shape index (κ1) is 23.1. The topological polar surface area (TPSA) is 101 Å². The van der Waals surface area contributed by atoms with E-state index in [1.54, 1.807) is 32.2 Å². The Labute approximate surface area is 206 Å². The standard InChI is InChI=1S/C25H26N4O5S/c1-15(22-26-17-7-4-5-8-20(17)35-22)28(3)21(30)14-29-23(31)25(2,27-24(29)32)16-9-10-18-19(13-16)34-12-6-11-33-18/h4-5,7-10,13,15H,6,11-12,14H2,1-3H3,(H,27,32). The van der Waals surface area contributed by atoms with Gasteiger partial charge in [-0.1, -0.05) is 18.2 Å². The normalized spacial score (nSPS) is 20.5. The maximum Gasteiger partial charge on any atom is 0.325 e. The fourth-order valence-electron chi connectivity index (χ4n) is 4.21. The van der Waals surface area contributed by atoms with Gasteiger partial charge in [0.05, 0.1) is 29.5 Å². The molecule has 2 atom stereocenters. The summed E-state index contributed by atoms with van der Waals surface area (Å²) in [4.78, 5) is 46.4. The van der Waals surface area contributed by atoms with E-state index in [1.807, 2.05) is 31.2 Å². The molecule has 9 nitrogen and oxygen atoms in total. The molecule has 0 radical (unpaired) electrons. The molecule has 2 aliphatic heterocycles. The lowest BCUT2D eigenvalue weighted by Gasteiger charge is -2.26. The minimum Gasteiger partial charge on any atom is -0.490 e. The zero-order valence-electron chi connectivity index (χ0n) is 19.7. The van der Waals surface area contributed by atoms with Crippen LogP contribution < -0.4 is 14.8 Å². The molecule has 0 spiro atoms. The van der Waals surface area contributed by atoms with Gasteiger partial charge in [0, 0.05) is 13.5 Å². The third-order valence-electron chi connectivity index (χ3n) is 6.54. The van der Waals surface area contributed by atoms with Crippen molar-refractivity contribution in [2.24, 2.45) is 0 Å². The van der Waals surface area contributed by atoms with Gasteiger partial charge in [0.25, 0.3) is 5.91 Å². The molecule has 0 bridgehead atoms. The van der Waals surface area contributed by atoms with Gasteiger partial charge in [0.15, 0.2) is 11.5 Å². The summed E-state index contributed by atoms with van der Waals surface area (Å²) in [7, 11) is 1.65. The summed E-state index contributed by atoms with van der Waals surface area (Å²) >= 11 is 1.52. The second-order valence-corrected chi connectivity index (χ2v) is 9.92. The van der Waals surface area contributed by atoms with Crippen molar-refractivity contribution in [1.29, 1.82) is 0 Å². The third-order valence-corrected chi connectivity index (χ3v) is 7.74. The van der Waals surface area contributed by atoms with Crippen molar-refractivity contribution in [3.63, 3.8) is 0 Å². The highest BCUT2D eigenvalue weighted by molar-refractivity contribution is 7.18. The van der Waals surface area contributed by atoms with E-state index in [1.165, 1.54) is 16.2 Å². The number of aromatic nitrogens is 1. The number of amides is 4. The molecule has 1 fully saturated rings. The van der Waals surface area contributed by atoms with Gasteiger partial charge in [-0.05, 0) is 43.7 Å². The molecule has 1 aromatic heterocycles. The molecule has 182 valence electrons. The molecule has 3 heterocycles. The second kappa shape index (κ2) is 8.84. The zero-order chi connectivity index (χ0) is 24.7. The molecule has 2 aromatic carbocycles. The van der Waals surface area contributed by atoms with E-state index in [-0.39, 0.29) is 18.5 Å². The maximum absolute atomic E-state index is 13.4. The van der Waals surface area contributed by atoms with Crippen LogP contribution in [-0.4, -0.2) is 59.4 Å². The van der Waals surface area contributed by atoms with Crippen LogP contribution in [0.15, 0.2) is 42.5 Å². The Morgan fingerprint density at radius 3 is 2.71 bits per heavy atom. The molecule has 5 rings (SSSR count). The second-order valence-electron chi connectivity index (χ2n) is 8.86. The summed E-state index contributed by atoms with van der Waals surface area (Å²) in [5.41, 5.74) is 0.116. The number of rotatable bonds is 5. The fourth-order valence-corrected chi connectivity index (χ4v) is 5.27. The predicted octanol–water partition coefficient (Wildman–Crippen LogP) is 3.44. The third kappa shape index (κ3) is 4.07. The van der Waals surface area contributed by atoms with Crippen LogP contribution in [-0.2, 0) is 15.1 Å². The summed E-state index contributed by atoms with van der Waals surface area (Å²) in [6.45, 7) is 4.20. The van der Waals surface area contributed by atoms with E-state index in [0.717, 1.165) is 26.5 Å². The van der Waals surface area contributed by atoms with Crippen molar-refractivity contribution in [2.45, 2.75) is 31.8 Å². The highest BCUT2D eigenvalue weighted by atomic mass is 32.1. The minimum atomic E-state index is -1.32. The summed E-state index contributed by atoms with van der Waals surface area (Å²) < 4.78 is 12.4. The molecule has 10 heteroatoms. The smallest absolute Gasteiger partial charge is 0.325 e. The van der Waals surface area contributed by atoms with Gasteiger partial charge < -0.3 is 19.7 Å². The van der Waals surface area contributed by atoms with Crippen LogP contribution in [0.5, 0.6) is 11.5 Å². The van der Waals surface area contributed by atoms with E-state index >= 15 is 0 Å². The quantitative estimate of drug-likeness (QED) is 0.546. The fraction of sp³-hybridized carbons (Fsp3) is 0.360. The number of ether oxygens (including phenoxy) is 2. The number of nitrogens with one attached hydrogen (secondary N) is 1. The summed E-state index contributed by atoms with van der Waals surface area (Å²) in [5.74, 6) is 0.279. The molecule has 2 unspecified atom stereocenters. The Kier molecular flexibility index (Phi) is 5.84. The van der Waals surface area contributed by atoms with Crippen LogP contribution in [0.1, 0.15) is 36.9 Å². The minimum absolute atomic E-state index is 0.311. The number of carbonyl (C=O) groups is 3. The molecule has 1 N–H and O–H groups in total. The van der Waals surface area contributed by atoms with Gasteiger partial charge in [0.1, 0.15) is 17.1 Å². The Morgan fingerprint density at radius 1 is 1.20 bits per heavy atom. The Hall–Kier alpha value is -3.66. The van der Waals surface area contributed by atoms with E-state index in [2.05, 4.69) is 10.3 Å². The van der Waals surface area contributed by atoms with E-state index in [9.17, 15) is 14.4 Å². The lowest BCUT2D eigenvalue weighted by atomic mass is 9.91. The monoisotopic (exact) mass is 494 g/mol. The van der Waals surface area contributed by atoms with Gasteiger partial charge in [-0.3, -0.25) is 14.5 Å². The maximum atomic E-state index is 13.4. The summed E-state index contributed by atoms with van der Waals surface area (Å²) in [6.07, 6.45) is 0.760. The van der Waals surface area contributed by atoms with Gasteiger partial charge in [-0.15, -0.1) is 11.3 Å². The molecule has 35 heavy (non-hydrogen) atoms. The number of likely N-dealkylation sites (N-methyl/N-ethyl adjacent to an activating group) is 1. The van der Waals surface area contributed by atoms with Crippen molar-refractivity contribution in [1.82, 2.24) is 20.1 Å². The van der Waals surface area contributed by atoms with Crippen molar-refractivity contribution >= 4 is 39.4 Å². The molecular weight excluding hydrogens is 468 g/mol. The number of hydrogen-bond donors (Lipinski definition) is 1. The van der Waals surface area contributed by atoms with Gasteiger partial charge >= 0.3 is 6.03 Å². The highest BCUT2D eigenvalue weighted by Gasteiger charge is 2.50. The van der Waals surface area contributed by atoms with E-state index < -0.39 is 17.5 Å².